The third-order valence-corrected chi connectivity index (χ3v) is 2.56. The van der Waals surface area contributed by atoms with Crippen molar-refractivity contribution in [3.8, 4) is 0 Å². The molecule has 0 aliphatic heterocycles. The van der Waals surface area contributed by atoms with Crippen molar-refractivity contribution in [2.45, 2.75) is 26.8 Å². The van der Waals surface area contributed by atoms with Gasteiger partial charge in [-0.05, 0) is 24.5 Å². The van der Waals surface area contributed by atoms with Crippen LogP contribution in [-0.4, -0.2) is 9.78 Å². The van der Waals surface area contributed by atoms with Crippen molar-refractivity contribution >= 4 is 0 Å². The van der Waals surface area contributed by atoms with E-state index in [2.05, 4.69) is 49.4 Å². The van der Waals surface area contributed by atoms with Gasteiger partial charge in [-0.3, -0.25) is 4.68 Å². The van der Waals surface area contributed by atoms with E-state index in [4.69, 9.17) is 0 Å². The Morgan fingerprint density at radius 2 is 1.87 bits per heavy atom. The normalized spacial score (nSPS) is 10.5. The van der Waals surface area contributed by atoms with Crippen LogP contribution in [0.4, 0.5) is 0 Å². The molecule has 0 amide bonds. The van der Waals surface area contributed by atoms with Crippen LogP contribution in [-0.2, 0) is 13.0 Å². The maximum atomic E-state index is 4.32. The summed E-state index contributed by atoms with van der Waals surface area (Å²) in [6, 6.07) is 8.59. The monoisotopic (exact) mass is 200 g/mol. The van der Waals surface area contributed by atoms with Gasteiger partial charge in [0.05, 0.1) is 12.7 Å². The number of hydrogen-bond acceptors (Lipinski definition) is 1. The second kappa shape index (κ2) is 4.30. The number of hydrogen-bond donors (Lipinski definition) is 0. The summed E-state index contributed by atoms with van der Waals surface area (Å²) in [5, 5.41) is 4.32. The quantitative estimate of drug-likeness (QED) is 0.745. The van der Waals surface area contributed by atoms with Crippen LogP contribution >= 0.6 is 0 Å². The van der Waals surface area contributed by atoms with Gasteiger partial charge >= 0.3 is 0 Å². The highest BCUT2D eigenvalue weighted by molar-refractivity contribution is 5.21. The zero-order valence-corrected chi connectivity index (χ0v) is 9.27. The first kappa shape index (κ1) is 9.97. The first-order valence-electron chi connectivity index (χ1n) is 5.35. The maximum Gasteiger partial charge on any atom is 0.0659 e. The molecule has 0 N–H and O–H groups in total. The zero-order chi connectivity index (χ0) is 10.7. The molecule has 2 rings (SSSR count). The minimum atomic E-state index is 0.861. The van der Waals surface area contributed by atoms with E-state index >= 15 is 0 Å². The molecule has 0 aliphatic rings. The third kappa shape index (κ3) is 2.46. The summed E-state index contributed by atoms with van der Waals surface area (Å²) in [6.45, 7) is 5.11. The van der Waals surface area contributed by atoms with Gasteiger partial charge in [0.25, 0.3) is 0 Å². The molecule has 15 heavy (non-hydrogen) atoms. The Morgan fingerprint density at radius 3 is 2.47 bits per heavy atom. The summed E-state index contributed by atoms with van der Waals surface area (Å²) < 4.78 is 1.99. The number of aromatic nitrogens is 2. The van der Waals surface area contributed by atoms with E-state index in [0.717, 1.165) is 13.0 Å². The fourth-order valence-corrected chi connectivity index (χ4v) is 1.56. The van der Waals surface area contributed by atoms with E-state index in [0.29, 0.717) is 0 Å². The Labute approximate surface area is 90.6 Å². The van der Waals surface area contributed by atoms with Crippen LogP contribution in [0.2, 0.25) is 0 Å². The molecule has 0 spiro atoms. The Kier molecular flexibility index (Phi) is 2.86. The summed E-state index contributed by atoms with van der Waals surface area (Å²) in [6.07, 6.45) is 5.10. The molecule has 0 saturated carbocycles. The van der Waals surface area contributed by atoms with Crippen molar-refractivity contribution in [2.75, 3.05) is 0 Å². The Morgan fingerprint density at radius 1 is 1.13 bits per heavy atom. The number of benzene rings is 1. The summed E-state index contributed by atoms with van der Waals surface area (Å²) >= 11 is 0. The standard InChI is InChI=1S/C13H16N2/c1-3-12-8-14-15(9-12)10-13-6-4-11(2)5-7-13/h4-9H,3,10H2,1-2H3. The fourth-order valence-electron chi connectivity index (χ4n) is 1.56. The van der Waals surface area contributed by atoms with Crippen LogP contribution in [0.1, 0.15) is 23.6 Å². The second-order valence-corrected chi connectivity index (χ2v) is 3.89. The lowest BCUT2D eigenvalue weighted by molar-refractivity contribution is 0.686. The molecule has 0 atom stereocenters. The highest BCUT2D eigenvalue weighted by Gasteiger charge is 1.97. The van der Waals surface area contributed by atoms with E-state index in [9.17, 15) is 0 Å². The van der Waals surface area contributed by atoms with Gasteiger partial charge in [0.15, 0.2) is 0 Å². The molecule has 0 unspecified atom stereocenters. The molecule has 0 aliphatic carbocycles. The summed E-state index contributed by atoms with van der Waals surface area (Å²) in [5.41, 5.74) is 3.89. The van der Waals surface area contributed by atoms with Crippen molar-refractivity contribution in [2.24, 2.45) is 0 Å². The molecule has 0 fully saturated rings. The lowest BCUT2D eigenvalue weighted by Gasteiger charge is -2.01. The molecule has 0 bridgehead atoms. The number of nitrogens with zero attached hydrogens (tertiary/aromatic N) is 2. The molecule has 0 saturated heterocycles. The van der Waals surface area contributed by atoms with E-state index in [1.807, 2.05) is 10.9 Å². The molecule has 1 aromatic heterocycles. The van der Waals surface area contributed by atoms with Crippen LogP contribution in [0.3, 0.4) is 0 Å². The molecule has 1 aromatic carbocycles. The largest absolute Gasteiger partial charge is 0.268 e. The van der Waals surface area contributed by atoms with Gasteiger partial charge in [-0.15, -0.1) is 0 Å². The van der Waals surface area contributed by atoms with Crippen molar-refractivity contribution in [3.63, 3.8) is 0 Å². The smallest absolute Gasteiger partial charge is 0.0659 e. The summed E-state index contributed by atoms with van der Waals surface area (Å²) in [7, 11) is 0. The van der Waals surface area contributed by atoms with E-state index in [1.54, 1.807) is 0 Å². The highest BCUT2D eigenvalue weighted by Crippen LogP contribution is 2.06. The third-order valence-electron chi connectivity index (χ3n) is 2.56. The minimum Gasteiger partial charge on any atom is -0.268 e. The number of aryl methyl sites for hydroxylation is 2. The second-order valence-electron chi connectivity index (χ2n) is 3.89. The molecular weight excluding hydrogens is 184 g/mol. The van der Waals surface area contributed by atoms with Gasteiger partial charge in [0, 0.05) is 6.20 Å². The van der Waals surface area contributed by atoms with E-state index < -0.39 is 0 Å². The van der Waals surface area contributed by atoms with Gasteiger partial charge in [0.2, 0.25) is 0 Å². The van der Waals surface area contributed by atoms with Crippen molar-refractivity contribution in [1.82, 2.24) is 9.78 Å². The highest BCUT2D eigenvalue weighted by atomic mass is 15.3. The summed E-state index contributed by atoms with van der Waals surface area (Å²) in [4.78, 5) is 0. The maximum absolute atomic E-state index is 4.32. The van der Waals surface area contributed by atoms with Gasteiger partial charge in [-0.1, -0.05) is 36.8 Å². The molecule has 2 nitrogen and oxygen atoms in total. The van der Waals surface area contributed by atoms with Gasteiger partial charge in [-0.25, -0.2) is 0 Å². The molecule has 2 aromatic rings. The summed E-state index contributed by atoms with van der Waals surface area (Å²) in [5.74, 6) is 0. The number of rotatable bonds is 3. The van der Waals surface area contributed by atoms with Gasteiger partial charge < -0.3 is 0 Å². The van der Waals surface area contributed by atoms with Crippen molar-refractivity contribution < 1.29 is 0 Å². The Bertz CT molecular complexity index is 426. The van der Waals surface area contributed by atoms with Crippen LogP contribution in [0.5, 0.6) is 0 Å². The molecular formula is C13H16N2. The molecule has 78 valence electrons. The molecule has 1 heterocycles. The van der Waals surface area contributed by atoms with Gasteiger partial charge in [0.1, 0.15) is 0 Å². The van der Waals surface area contributed by atoms with Gasteiger partial charge in [-0.2, -0.15) is 5.10 Å². The zero-order valence-electron chi connectivity index (χ0n) is 9.27. The molecule has 0 radical (unpaired) electrons. The first-order chi connectivity index (χ1) is 7.28. The Hall–Kier alpha value is -1.57. The average Bonchev–Trinajstić information content (AvgIpc) is 2.69. The van der Waals surface area contributed by atoms with Crippen LogP contribution < -0.4 is 0 Å². The first-order valence-corrected chi connectivity index (χ1v) is 5.35. The lowest BCUT2D eigenvalue weighted by atomic mass is 10.1. The van der Waals surface area contributed by atoms with Crippen LogP contribution in [0, 0.1) is 6.92 Å². The lowest BCUT2D eigenvalue weighted by Crippen LogP contribution is -1.99. The van der Waals surface area contributed by atoms with Crippen molar-refractivity contribution in [1.29, 1.82) is 0 Å². The van der Waals surface area contributed by atoms with Crippen molar-refractivity contribution in [3.05, 3.63) is 53.3 Å². The average molecular weight is 200 g/mol. The predicted octanol–water partition coefficient (Wildman–Crippen LogP) is 2.80. The van der Waals surface area contributed by atoms with E-state index in [-0.39, 0.29) is 0 Å². The topological polar surface area (TPSA) is 17.8 Å². The SMILES string of the molecule is CCc1cnn(Cc2ccc(C)cc2)c1. The minimum absolute atomic E-state index is 0.861. The predicted molar refractivity (Wildman–Crippen MR) is 61.9 cm³/mol. The fraction of sp³-hybridized carbons (Fsp3) is 0.308. The molecule has 2 heteroatoms. The Balaban J connectivity index is 2.11. The van der Waals surface area contributed by atoms with Crippen LogP contribution in [0.15, 0.2) is 36.7 Å². The van der Waals surface area contributed by atoms with E-state index in [1.165, 1.54) is 16.7 Å². The van der Waals surface area contributed by atoms with Crippen LogP contribution in [0.25, 0.3) is 0 Å².